The summed E-state index contributed by atoms with van der Waals surface area (Å²) in [5.74, 6) is 1.19. The highest BCUT2D eigenvalue weighted by Crippen LogP contribution is 2.31. The number of amides is 1. The van der Waals surface area contributed by atoms with Gasteiger partial charge in [-0.1, -0.05) is 19.9 Å². The minimum absolute atomic E-state index is 0.349. The summed E-state index contributed by atoms with van der Waals surface area (Å²) in [6.45, 7) is 14.2. The van der Waals surface area contributed by atoms with E-state index in [0.717, 1.165) is 39.9 Å². The second-order valence-corrected chi connectivity index (χ2v) is 10.6. The van der Waals surface area contributed by atoms with Crippen LogP contribution in [0.3, 0.4) is 0 Å². The molecule has 2 heterocycles. The van der Waals surface area contributed by atoms with Gasteiger partial charge in [-0.25, -0.2) is 4.79 Å². The Morgan fingerprint density at radius 3 is 2.52 bits per heavy atom. The Morgan fingerprint density at radius 2 is 1.88 bits per heavy atom. The number of nitrogens with zero attached hydrogens (tertiary/aromatic N) is 2. The first-order chi connectivity index (χ1) is 15.4. The summed E-state index contributed by atoms with van der Waals surface area (Å²) in [5, 5.41) is 3.04. The SMILES string of the molecule is Cc1cc(-c2ccnc3ccn(C)c23)ccc1OCC(C)(CC(C)C)NC(=O)OC(C)(C)C. The number of carbonyl (C=O) groups excluding carboxylic acids is 1. The van der Waals surface area contributed by atoms with Crippen molar-refractivity contribution in [1.82, 2.24) is 14.9 Å². The first-order valence-electron chi connectivity index (χ1n) is 11.5. The molecule has 0 fully saturated rings. The van der Waals surface area contributed by atoms with Crippen LogP contribution in [0.25, 0.3) is 22.2 Å². The molecular formula is C27H37N3O3. The van der Waals surface area contributed by atoms with Gasteiger partial charge in [-0.2, -0.15) is 0 Å². The van der Waals surface area contributed by atoms with Gasteiger partial charge in [-0.05, 0) is 82.3 Å². The van der Waals surface area contributed by atoms with E-state index < -0.39 is 17.2 Å². The molecule has 0 radical (unpaired) electrons. The maximum atomic E-state index is 12.5. The fourth-order valence-corrected chi connectivity index (χ4v) is 4.27. The Bertz CT molecular complexity index is 1130. The van der Waals surface area contributed by atoms with Gasteiger partial charge in [0.2, 0.25) is 0 Å². The van der Waals surface area contributed by atoms with Gasteiger partial charge in [-0.3, -0.25) is 4.98 Å². The zero-order valence-corrected chi connectivity index (χ0v) is 21.2. The summed E-state index contributed by atoms with van der Waals surface area (Å²) in [5.41, 5.74) is 4.27. The van der Waals surface area contributed by atoms with E-state index >= 15 is 0 Å². The number of benzene rings is 1. The predicted molar refractivity (Wildman–Crippen MR) is 134 cm³/mol. The number of hydrogen-bond acceptors (Lipinski definition) is 4. The zero-order valence-electron chi connectivity index (χ0n) is 21.2. The minimum atomic E-state index is -0.554. The van der Waals surface area contributed by atoms with Gasteiger partial charge in [0.25, 0.3) is 0 Å². The quantitative estimate of drug-likeness (QED) is 0.461. The lowest BCUT2D eigenvalue weighted by molar-refractivity contribution is 0.0408. The van der Waals surface area contributed by atoms with E-state index in [1.807, 2.05) is 72.3 Å². The molecule has 0 saturated heterocycles. The second-order valence-electron chi connectivity index (χ2n) is 10.6. The highest BCUT2D eigenvalue weighted by Gasteiger charge is 2.31. The van der Waals surface area contributed by atoms with Crippen molar-refractivity contribution in [1.29, 1.82) is 0 Å². The van der Waals surface area contributed by atoms with Crippen LogP contribution in [-0.4, -0.2) is 33.4 Å². The van der Waals surface area contributed by atoms with Crippen LogP contribution in [-0.2, 0) is 11.8 Å². The number of ether oxygens (including phenoxy) is 2. The highest BCUT2D eigenvalue weighted by molar-refractivity contribution is 5.92. The third-order valence-electron chi connectivity index (χ3n) is 5.45. The molecule has 1 N–H and O–H groups in total. The van der Waals surface area contributed by atoms with Crippen LogP contribution in [0.1, 0.15) is 53.5 Å². The van der Waals surface area contributed by atoms with Crippen molar-refractivity contribution in [3.63, 3.8) is 0 Å². The van der Waals surface area contributed by atoms with Crippen LogP contribution < -0.4 is 10.1 Å². The summed E-state index contributed by atoms with van der Waals surface area (Å²) in [6.07, 6.45) is 4.22. The lowest BCUT2D eigenvalue weighted by atomic mass is 9.91. The second kappa shape index (κ2) is 9.46. The average Bonchev–Trinajstić information content (AvgIpc) is 3.06. The fraction of sp³-hybridized carbons (Fsp3) is 0.481. The van der Waals surface area contributed by atoms with Crippen LogP contribution in [0.15, 0.2) is 42.7 Å². The third-order valence-corrected chi connectivity index (χ3v) is 5.45. The molecule has 0 aliphatic carbocycles. The predicted octanol–water partition coefficient (Wildman–Crippen LogP) is 6.26. The molecule has 178 valence electrons. The van der Waals surface area contributed by atoms with Gasteiger partial charge >= 0.3 is 6.09 Å². The van der Waals surface area contributed by atoms with Crippen molar-refractivity contribution >= 4 is 17.1 Å². The van der Waals surface area contributed by atoms with Crippen molar-refractivity contribution < 1.29 is 14.3 Å². The molecule has 33 heavy (non-hydrogen) atoms. The van der Waals surface area contributed by atoms with Crippen molar-refractivity contribution in [3.05, 3.63) is 48.3 Å². The molecule has 1 aromatic carbocycles. The Hall–Kier alpha value is -3.02. The minimum Gasteiger partial charge on any atom is -0.491 e. The third kappa shape index (κ3) is 6.28. The lowest BCUT2D eigenvalue weighted by Gasteiger charge is -2.33. The normalized spacial score (nSPS) is 13.7. The number of rotatable bonds is 7. The topological polar surface area (TPSA) is 65.4 Å². The molecule has 0 spiro atoms. The summed E-state index contributed by atoms with van der Waals surface area (Å²) < 4.78 is 13.8. The van der Waals surface area contributed by atoms with Crippen LogP contribution >= 0.6 is 0 Å². The van der Waals surface area contributed by atoms with Crippen LogP contribution in [0.2, 0.25) is 0 Å². The standard InChI is InChI=1S/C27H37N3O3/c1-18(2)16-27(7,29-25(31)33-26(4,5)6)17-32-23-10-9-20(15-19(23)3)21-11-13-28-22-12-14-30(8)24(21)22/h9-15,18H,16-17H2,1-8H3,(H,29,31). The van der Waals surface area contributed by atoms with Crippen molar-refractivity contribution in [2.75, 3.05) is 6.61 Å². The summed E-state index contributed by atoms with van der Waals surface area (Å²) >= 11 is 0. The Kier molecular flexibility index (Phi) is 7.06. The van der Waals surface area contributed by atoms with Crippen molar-refractivity contribution in [2.24, 2.45) is 13.0 Å². The summed E-state index contributed by atoms with van der Waals surface area (Å²) in [4.78, 5) is 16.9. The molecule has 6 heteroatoms. The molecule has 1 amide bonds. The smallest absolute Gasteiger partial charge is 0.408 e. The largest absolute Gasteiger partial charge is 0.491 e. The van der Waals surface area contributed by atoms with E-state index in [2.05, 4.69) is 40.8 Å². The van der Waals surface area contributed by atoms with E-state index in [1.54, 1.807) is 0 Å². The maximum Gasteiger partial charge on any atom is 0.408 e. The van der Waals surface area contributed by atoms with E-state index in [0.29, 0.717) is 12.5 Å². The van der Waals surface area contributed by atoms with Crippen molar-refractivity contribution in [2.45, 2.75) is 66.0 Å². The first kappa shape index (κ1) is 24.6. The van der Waals surface area contributed by atoms with Gasteiger partial charge < -0.3 is 19.4 Å². The van der Waals surface area contributed by atoms with E-state index in [-0.39, 0.29) is 0 Å². The molecule has 2 aromatic heterocycles. The summed E-state index contributed by atoms with van der Waals surface area (Å²) in [7, 11) is 2.03. The number of fused-ring (bicyclic) bond motifs is 1. The lowest BCUT2D eigenvalue weighted by Crippen LogP contribution is -2.52. The van der Waals surface area contributed by atoms with Crippen LogP contribution in [0.4, 0.5) is 4.79 Å². The molecule has 0 bridgehead atoms. The number of aromatic nitrogens is 2. The molecule has 1 unspecified atom stereocenters. The number of pyridine rings is 1. The Morgan fingerprint density at radius 1 is 1.15 bits per heavy atom. The van der Waals surface area contributed by atoms with E-state index in [9.17, 15) is 4.79 Å². The van der Waals surface area contributed by atoms with E-state index in [1.165, 1.54) is 0 Å². The molecule has 0 aliphatic rings. The number of carbonyl (C=O) groups is 1. The Labute approximate surface area is 197 Å². The first-order valence-corrected chi connectivity index (χ1v) is 11.5. The van der Waals surface area contributed by atoms with E-state index in [4.69, 9.17) is 9.47 Å². The zero-order chi connectivity index (χ0) is 24.4. The monoisotopic (exact) mass is 451 g/mol. The number of aryl methyl sites for hydroxylation is 2. The van der Waals surface area contributed by atoms with Gasteiger partial charge in [0.1, 0.15) is 18.0 Å². The average molecular weight is 452 g/mol. The maximum absolute atomic E-state index is 12.5. The molecule has 1 atom stereocenters. The van der Waals surface area contributed by atoms with Gasteiger partial charge in [-0.15, -0.1) is 0 Å². The van der Waals surface area contributed by atoms with Crippen LogP contribution in [0, 0.1) is 12.8 Å². The number of hydrogen-bond donors (Lipinski definition) is 1. The molecular weight excluding hydrogens is 414 g/mol. The van der Waals surface area contributed by atoms with Crippen LogP contribution in [0.5, 0.6) is 5.75 Å². The Balaban J connectivity index is 1.79. The molecule has 6 nitrogen and oxygen atoms in total. The highest BCUT2D eigenvalue weighted by atomic mass is 16.6. The number of nitrogens with one attached hydrogen (secondary N) is 1. The molecule has 3 rings (SSSR count). The number of alkyl carbamates (subject to hydrolysis) is 1. The summed E-state index contributed by atoms with van der Waals surface area (Å²) in [6, 6.07) is 10.3. The molecule has 3 aromatic rings. The van der Waals surface area contributed by atoms with Gasteiger partial charge in [0.15, 0.2) is 0 Å². The van der Waals surface area contributed by atoms with Gasteiger partial charge in [0.05, 0.1) is 16.6 Å². The molecule has 0 saturated carbocycles. The fourth-order valence-electron chi connectivity index (χ4n) is 4.27. The van der Waals surface area contributed by atoms with Gasteiger partial charge in [0, 0.05) is 25.0 Å². The molecule has 0 aliphatic heterocycles. The van der Waals surface area contributed by atoms with Crippen molar-refractivity contribution in [3.8, 4) is 16.9 Å².